The van der Waals surface area contributed by atoms with Gasteiger partial charge in [-0.05, 0) is 36.8 Å². The van der Waals surface area contributed by atoms with E-state index in [4.69, 9.17) is 0 Å². The average Bonchev–Trinajstić information content (AvgIpc) is 2.48. The van der Waals surface area contributed by atoms with E-state index in [9.17, 15) is 0 Å². The summed E-state index contributed by atoms with van der Waals surface area (Å²) in [4.78, 5) is 0. The number of hydrogen-bond donors (Lipinski definition) is 1. The summed E-state index contributed by atoms with van der Waals surface area (Å²) < 4.78 is 0. The second-order valence-corrected chi connectivity index (χ2v) is 5.68. The van der Waals surface area contributed by atoms with Crippen LogP contribution in [-0.2, 0) is 0 Å². The molecule has 0 saturated heterocycles. The average molecular weight is 261 g/mol. The number of benzene rings is 1. The molecule has 0 aliphatic heterocycles. The van der Waals surface area contributed by atoms with Crippen LogP contribution in [0, 0.1) is 5.92 Å². The molecule has 1 heteroatoms. The highest BCUT2D eigenvalue weighted by Crippen LogP contribution is 2.26. The predicted molar refractivity (Wildman–Crippen MR) is 85.6 cm³/mol. The van der Waals surface area contributed by atoms with Crippen molar-refractivity contribution in [2.24, 2.45) is 5.92 Å². The van der Waals surface area contributed by atoms with E-state index in [1.54, 1.807) is 0 Å². The van der Waals surface area contributed by atoms with Crippen LogP contribution in [0.25, 0.3) is 0 Å². The molecule has 0 spiro atoms. The van der Waals surface area contributed by atoms with Gasteiger partial charge in [-0.2, -0.15) is 0 Å². The normalized spacial score (nSPS) is 14.6. The van der Waals surface area contributed by atoms with Crippen molar-refractivity contribution < 1.29 is 0 Å². The van der Waals surface area contributed by atoms with Crippen LogP contribution in [0.4, 0.5) is 0 Å². The maximum absolute atomic E-state index is 3.77. The Labute approximate surface area is 119 Å². The molecule has 0 radical (unpaired) electrons. The van der Waals surface area contributed by atoms with Crippen LogP contribution in [0.2, 0.25) is 0 Å². The Bertz CT molecular complexity index is 316. The Morgan fingerprint density at radius 1 is 1.00 bits per heavy atom. The van der Waals surface area contributed by atoms with Gasteiger partial charge in [-0.15, -0.1) is 0 Å². The Morgan fingerprint density at radius 2 is 1.63 bits per heavy atom. The zero-order valence-corrected chi connectivity index (χ0v) is 13.2. The van der Waals surface area contributed by atoms with Gasteiger partial charge in [0, 0.05) is 6.04 Å². The molecule has 108 valence electrons. The monoisotopic (exact) mass is 261 g/mol. The van der Waals surface area contributed by atoms with E-state index in [1.807, 2.05) is 0 Å². The minimum atomic E-state index is 0.591. The fraction of sp³-hybridized carbons (Fsp3) is 0.667. The van der Waals surface area contributed by atoms with Gasteiger partial charge in [0.05, 0.1) is 0 Å². The maximum Gasteiger partial charge on any atom is 0.0136 e. The molecule has 1 aromatic carbocycles. The largest absolute Gasteiger partial charge is 0.313 e. The van der Waals surface area contributed by atoms with Gasteiger partial charge in [-0.1, -0.05) is 70.9 Å². The molecule has 2 atom stereocenters. The topological polar surface area (TPSA) is 12.0 Å². The second kappa shape index (κ2) is 9.14. The zero-order valence-electron chi connectivity index (χ0n) is 13.2. The second-order valence-electron chi connectivity index (χ2n) is 5.68. The van der Waals surface area contributed by atoms with E-state index in [0.29, 0.717) is 12.0 Å². The summed E-state index contributed by atoms with van der Waals surface area (Å²) in [6, 6.07) is 11.5. The van der Waals surface area contributed by atoms with E-state index in [1.165, 1.54) is 31.2 Å². The van der Waals surface area contributed by atoms with Crippen LogP contribution in [0.3, 0.4) is 0 Å². The van der Waals surface area contributed by atoms with Gasteiger partial charge in [0.2, 0.25) is 0 Å². The fourth-order valence-electron chi connectivity index (χ4n) is 2.76. The first-order valence-electron chi connectivity index (χ1n) is 8.01. The van der Waals surface area contributed by atoms with Gasteiger partial charge in [0.15, 0.2) is 0 Å². The predicted octanol–water partition coefficient (Wildman–Crippen LogP) is 4.98. The molecule has 0 bridgehead atoms. The van der Waals surface area contributed by atoms with Gasteiger partial charge in [-0.3, -0.25) is 0 Å². The summed E-state index contributed by atoms with van der Waals surface area (Å²) in [5.74, 6) is 1.44. The summed E-state index contributed by atoms with van der Waals surface area (Å²) in [6.45, 7) is 10.4. The van der Waals surface area contributed by atoms with Crippen molar-refractivity contribution in [1.82, 2.24) is 5.32 Å². The van der Waals surface area contributed by atoms with Crippen LogP contribution < -0.4 is 5.32 Å². The number of rotatable bonds is 9. The molecule has 1 N–H and O–H groups in total. The Morgan fingerprint density at radius 3 is 2.16 bits per heavy atom. The lowest BCUT2D eigenvalue weighted by Crippen LogP contribution is -2.36. The van der Waals surface area contributed by atoms with E-state index < -0.39 is 0 Å². The highest BCUT2D eigenvalue weighted by atomic mass is 14.9. The minimum absolute atomic E-state index is 0.591. The Kier molecular flexibility index (Phi) is 7.81. The molecule has 2 unspecified atom stereocenters. The molecule has 0 heterocycles. The van der Waals surface area contributed by atoms with Gasteiger partial charge in [0.1, 0.15) is 0 Å². The van der Waals surface area contributed by atoms with Crippen LogP contribution in [0.1, 0.15) is 64.9 Å². The van der Waals surface area contributed by atoms with Gasteiger partial charge < -0.3 is 5.32 Å². The van der Waals surface area contributed by atoms with Crippen molar-refractivity contribution in [2.45, 2.75) is 65.3 Å². The van der Waals surface area contributed by atoms with E-state index >= 15 is 0 Å². The third-order valence-electron chi connectivity index (χ3n) is 4.33. The SMILES string of the molecule is CCCNC(CC(CC)CC)C(C)c1ccccc1. The van der Waals surface area contributed by atoms with Crippen LogP contribution >= 0.6 is 0 Å². The fourth-order valence-corrected chi connectivity index (χ4v) is 2.76. The molecular weight excluding hydrogens is 230 g/mol. The van der Waals surface area contributed by atoms with Crippen molar-refractivity contribution >= 4 is 0 Å². The lowest BCUT2D eigenvalue weighted by Gasteiger charge is -2.29. The molecular formula is C18H31N. The lowest BCUT2D eigenvalue weighted by atomic mass is 9.85. The molecule has 0 aliphatic carbocycles. The molecule has 1 nitrogen and oxygen atoms in total. The standard InChI is InChI=1S/C18H31N/c1-5-13-19-18(14-16(6-2)7-3)15(4)17-11-9-8-10-12-17/h8-12,15-16,18-19H,5-7,13-14H2,1-4H3. The van der Waals surface area contributed by atoms with Crippen LogP contribution in [0.5, 0.6) is 0 Å². The third kappa shape index (κ3) is 5.36. The smallest absolute Gasteiger partial charge is 0.0136 e. The first-order chi connectivity index (χ1) is 9.22. The molecule has 19 heavy (non-hydrogen) atoms. The quantitative estimate of drug-likeness (QED) is 0.660. The molecule has 0 fully saturated rings. The highest BCUT2D eigenvalue weighted by Gasteiger charge is 2.20. The molecule has 0 amide bonds. The van der Waals surface area contributed by atoms with Crippen molar-refractivity contribution in [3.8, 4) is 0 Å². The van der Waals surface area contributed by atoms with Gasteiger partial charge in [-0.25, -0.2) is 0 Å². The van der Waals surface area contributed by atoms with Gasteiger partial charge in [0.25, 0.3) is 0 Å². The van der Waals surface area contributed by atoms with Crippen molar-refractivity contribution in [2.75, 3.05) is 6.54 Å². The van der Waals surface area contributed by atoms with Crippen molar-refractivity contribution in [3.63, 3.8) is 0 Å². The molecule has 1 aromatic rings. The first kappa shape index (κ1) is 16.2. The maximum atomic E-state index is 3.77. The summed E-state index contributed by atoms with van der Waals surface area (Å²) >= 11 is 0. The molecule has 0 aromatic heterocycles. The molecule has 0 saturated carbocycles. The molecule has 0 aliphatic rings. The van der Waals surface area contributed by atoms with Crippen molar-refractivity contribution in [1.29, 1.82) is 0 Å². The summed E-state index contributed by atoms with van der Waals surface area (Å²) in [5, 5.41) is 3.77. The number of nitrogens with one attached hydrogen (secondary N) is 1. The lowest BCUT2D eigenvalue weighted by molar-refractivity contribution is 0.335. The van der Waals surface area contributed by atoms with E-state index in [-0.39, 0.29) is 0 Å². The summed E-state index contributed by atoms with van der Waals surface area (Å²) in [5.41, 5.74) is 1.46. The van der Waals surface area contributed by atoms with Crippen LogP contribution in [-0.4, -0.2) is 12.6 Å². The Hall–Kier alpha value is -0.820. The zero-order chi connectivity index (χ0) is 14.1. The van der Waals surface area contributed by atoms with E-state index in [2.05, 4.69) is 63.3 Å². The molecule has 1 rings (SSSR count). The summed E-state index contributed by atoms with van der Waals surface area (Å²) in [6.07, 6.45) is 5.09. The minimum Gasteiger partial charge on any atom is -0.313 e. The number of hydrogen-bond acceptors (Lipinski definition) is 1. The van der Waals surface area contributed by atoms with Crippen molar-refractivity contribution in [3.05, 3.63) is 35.9 Å². The highest BCUT2D eigenvalue weighted by molar-refractivity contribution is 5.20. The van der Waals surface area contributed by atoms with Gasteiger partial charge >= 0.3 is 0 Å². The first-order valence-corrected chi connectivity index (χ1v) is 8.01. The Balaban J connectivity index is 2.72. The van der Waals surface area contributed by atoms with Crippen LogP contribution in [0.15, 0.2) is 30.3 Å². The van der Waals surface area contributed by atoms with E-state index in [0.717, 1.165) is 12.5 Å². The summed E-state index contributed by atoms with van der Waals surface area (Å²) in [7, 11) is 0. The third-order valence-corrected chi connectivity index (χ3v) is 4.33.